The molecule has 0 bridgehead atoms. The fraction of sp³-hybridized carbons (Fsp3) is 0.333. The largest absolute Gasteiger partial charge is 0.348 e. The van der Waals surface area contributed by atoms with Gasteiger partial charge in [-0.2, -0.15) is 4.68 Å². The number of nitrogen functional groups attached to an aromatic ring is 1. The Kier molecular flexibility index (Phi) is 4.97. The van der Waals surface area contributed by atoms with Crippen LogP contribution in [0.1, 0.15) is 23.5 Å². The maximum absolute atomic E-state index is 11.9. The lowest BCUT2D eigenvalue weighted by Crippen LogP contribution is -2.33. The molecule has 0 aliphatic rings. The number of hydrogen-bond acceptors (Lipinski definition) is 7. The number of carbonyl (C=O) groups excluding carboxylic acids is 1. The standard InChI is InChI=1S/C12H15N5O2S2/c1-7(9-4-3-5-20-9)14-10(18)6-21-12-16-15-8(2)11(19)17(12)13/h3-5,7H,6,13H2,1-2H3,(H,14,18)/t7-/m1/s1. The van der Waals surface area contributed by atoms with Crippen LogP contribution in [-0.2, 0) is 4.79 Å². The molecule has 0 aromatic carbocycles. The lowest BCUT2D eigenvalue weighted by Gasteiger charge is -2.12. The van der Waals surface area contributed by atoms with E-state index in [2.05, 4.69) is 15.5 Å². The molecule has 1 amide bonds. The maximum atomic E-state index is 11.9. The van der Waals surface area contributed by atoms with Gasteiger partial charge in [-0.1, -0.05) is 17.8 Å². The second-order valence-electron chi connectivity index (χ2n) is 4.34. The number of amides is 1. The molecule has 2 aromatic heterocycles. The van der Waals surface area contributed by atoms with Crippen LogP contribution in [0.2, 0.25) is 0 Å². The summed E-state index contributed by atoms with van der Waals surface area (Å²) < 4.78 is 0.906. The van der Waals surface area contributed by atoms with E-state index in [9.17, 15) is 9.59 Å². The van der Waals surface area contributed by atoms with E-state index >= 15 is 0 Å². The Labute approximate surface area is 129 Å². The summed E-state index contributed by atoms with van der Waals surface area (Å²) in [7, 11) is 0. The van der Waals surface area contributed by atoms with Crippen molar-refractivity contribution in [1.82, 2.24) is 20.2 Å². The summed E-state index contributed by atoms with van der Waals surface area (Å²) in [6, 6.07) is 3.85. The first-order valence-corrected chi connectivity index (χ1v) is 8.02. The number of nitrogens with zero attached hydrogens (tertiary/aromatic N) is 3. The van der Waals surface area contributed by atoms with Gasteiger partial charge in [-0.05, 0) is 25.3 Å². The number of aryl methyl sites for hydroxylation is 1. The van der Waals surface area contributed by atoms with Crippen molar-refractivity contribution in [3.8, 4) is 0 Å². The highest BCUT2D eigenvalue weighted by molar-refractivity contribution is 7.99. The molecule has 2 heterocycles. The van der Waals surface area contributed by atoms with Crippen LogP contribution in [0.3, 0.4) is 0 Å². The first-order chi connectivity index (χ1) is 9.99. The third kappa shape index (κ3) is 3.82. The van der Waals surface area contributed by atoms with Gasteiger partial charge in [-0.25, -0.2) is 0 Å². The lowest BCUT2D eigenvalue weighted by molar-refractivity contribution is -0.119. The molecule has 1 atom stereocenters. The van der Waals surface area contributed by atoms with Crippen molar-refractivity contribution < 1.29 is 4.79 Å². The van der Waals surface area contributed by atoms with Gasteiger partial charge < -0.3 is 11.2 Å². The zero-order valence-corrected chi connectivity index (χ0v) is 13.2. The topological polar surface area (TPSA) is 103 Å². The number of thioether (sulfide) groups is 1. The van der Waals surface area contributed by atoms with Crippen molar-refractivity contribution in [2.75, 3.05) is 11.6 Å². The molecule has 0 aliphatic heterocycles. The monoisotopic (exact) mass is 325 g/mol. The highest BCUT2D eigenvalue weighted by atomic mass is 32.2. The fourth-order valence-electron chi connectivity index (χ4n) is 1.59. The molecule has 0 aliphatic carbocycles. The summed E-state index contributed by atoms with van der Waals surface area (Å²) in [5, 5.41) is 12.6. The van der Waals surface area contributed by atoms with Gasteiger partial charge in [0.1, 0.15) is 5.69 Å². The number of thiophene rings is 1. The molecular formula is C12H15N5O2S2. The molecule has 112 valence electrons. The smallest absolute Gasteiger partial charge is 0.294 e. The van der Waals surface area contributed by atoms with Gasteiger partial charge in [0.05, 0.1) is 11.8 Å². The number of rotatable bonds is 5. The van der Waals surface area contributed by atoms with Gasteiger partial charge >= 0.3 is 0 Å². The van der Waals surface area contributed by atoms with E-state index in [1.807, 2.05) is 24.4 Å². The van der Waals surface area contributed by atoms with Crippen molar-refractivity contribution in [3.63, 3.8) is 0 Å². The van der Waals surface area contributed by atoms with E-state index in [0.29, 0.717) is 0 Å². The second kappa shape index (κ2) is 6.72. The predicted molar refractivity (Wildman–Crippen MR) is 82.8 cm³/mol. The summed E-state index contributed by atoms with van der Waals surface area (Å²) in [6.45, 7) is 3.45. The Balaban J connectivity index is 1.93. The van der Waals surface area contributed by atoms with Crippen LogP contribution in [0.15, 0.2) is 27.5 Å². The van der Waals surface area contributed by atoms with Gasteiger partial charge in [0.15, 0.2) is 0 Å². The molecule has 3 N–H and O–H groups in total. The van der Waals surface area contributed by atoms with Crippen molar-refractivity contribution in [1.29, 1.82) is 0 Å². The molecule has 9 heteroatoms. The molecule has 0 saturated heterocycles. The summed E-state index contributed by atoms with van der Waals surface area (Å²) in [4.78, 5) is 24.6. The van der Waals surface area contributed by atoms with Crippen LogP contribution in [-0.4, -0.2) is 26.5 Å². The zero-order valence-electron chi connectivity index (χ0n) is 11.6. The molecular weight excluding hydrogens is 310 g/mol. The zero-order chi connectivity index (χ0) is 15.4. The van der Waals surface area contributed by atoms with Crippen LogP contribution in [0, 0.1) is 6.92 Å². The van der Waals surface area contributed by atoms with Crippen LogP contribution >= 0.6 is 23.1 Å². The fourth-order valence-corrected chi connectivity index (χ4v) is 2.99. The minimum Gasteiger partial charge on any atom is -0.348 e. The third-order valence-corrected chi connectivity index (χ3v) is 4.70. The van der Waals surface area contributed by atoms with E-state index in [0.717, 1.165) is 21.3 Å². The van der Waals surface area contributed by atoms with Crippen LogP contribution in [0.25, 0.3) is 0 Å². The number of nitrogens with one attached hydrogen (secondary N) is 1. The van der Waals surface area contributed by atoms with Crippen molar-refractivity contribution >= 4 is 29.0 Å². The molecule has 7 nitrogen and oxygen atoms in total. The van der Waals surface area contributed by atoms with E-state index in [-0.39, 0.29) is 28.6 Å². The molecule has 2 rings (SSSR count). The molecule has 0 fully saturated rings. The average Bonchev–Trinajstić information content (AvgIpc) is 2.98. The molecule has 0 spiro atoms. The SMILES string of the molecule is Cc1nnc(SCC(=O)N[C@H](C)c2cccs2)n(N)c1=O. The van der Waals surface area contributed by atoms with E-state index in [1.165, 1.54) is 6.92 Å². The number of hydrogen-bond donors (Lipinski definition) is 2. The number of nitrogens with two attached hydrogens (primary N) is 1. The number of carbonyl (C=O) groups is 1. The Morgan fingerprint density at radius 2 is 2.33 bits per heavy atom. The predicted octanol–water partition coefficient (Wildman–Crippen LogP) is 0.692. The normalized spacial score (nSPS) is 12.1. The van der Waals surface area contributed by atoms with Gasteiger partial charge in [0.25, 0.3) is 5.56 Å². The summed E-state index contributed by atoms with van der Waals surface area (Å²) in [6.07, 6.45) is 0. The minimum atomic E-state index is -0.417. The third-order valence-electron chi connectivity index (χ3n) is 2.70. The summed E-state index contributed by atoms with van der Waals surface area (Å²) in [5.41, 5.74) is -0.197. The Morgan fingerprint density at radius 3 is 3.00 bits per heavy atom. The van der Waals surface area contributed by atoms with Crippen molar-refractivity contribution in [2.45, 2.75) is 25.0 Å². The first-order valence-electron chi connectivity index (χ1n) is 6.16. The molecule has 2 aromatic rings. The van der Waals surface area contributed by atoms with Gasteiger partial charge in [0.2, 0.25) is 11.1 Å². The van der Waals surface area contributed by atoms with Crippen LogP contribution in [0.4, 0.5) is 0 Å². The molecule has 0 saturated carbocycles. The van der Waals surface area contributed by atoms with Gasteiger partial charge in [-0.15, -0.1) is 21.5 Å². The van der Waals surface area contributed by atoms with E-state index in [1.54, 1.807) is 11.3 Å². The Morgan fingerprint density at radius 1 is 1.57 bits per heavy atom. The highest BCUT2D eigenvalue weighted by Crippen LogP contribution is 2.18. The lowest BCUT2D eigenvalue weighted by atomic mass is 10.3. The van der Waals surface area contributed by atoms with E-state index in [4.69, 9.17) is 5.84 Å². The van der Waals surface area contributed by atoms with E-state index < -0.39 is 5.56 Å². The molecule has 21 heavy (non-hydrogen) atoms. The first kappa shape index (κ1) is 15.5. The minimum absolute atomic E-state index is 0.0535. The quantitative estimate of drug-likeness (QED) is 0.619. The maximum Gasteiger partial charge on any atom is 0.294 e. The van der Waals surface area contributed by atoms with Crippen LogP contribution < -0.4 is 16.7 Å². The highest BCUT2D eigenvalue weighted by Gasteiger charge is 2.13. The summed E-state index contributed by atoms with van der Waals surface area (Å²) >= 11 is 2.66. The Bertz CT molecular complexity index is 683. The van der Waals surface area contributed by atoms with Crippen LogP contribution in [0.5, 0.6) is 0 Å². The van der Waals surface area contributed by atoms with Gasteiger partial charge in [-0.3, -0.25) is 9.59 Å². The number of aromatic nitrogens is 3. The second-order valence-corrected chi connectivity index (χ2v) is 6.26. The average molecular weight is 325 g/mol. The van der Waals surface area contributed by atoms with Crippen molar-refractivity contribution in [3.05, 3.63) is 38.4 Å². The van der Waals surface area contributed by atoms with Crippen molar-refractivity contribution in [2.24, 2.45) is 0 Å². The molecule has 0 unspecified atom stereocenters. The van der Waals surface area contributed by atoms with Gasteiger partial charge in [0, 0.05) is 4.88 Å². The molecule has 0 radical (unpaired) electrons. The Hall–Kier alpha value is -1.87. The summed E-state index contributed by atoms with van der Waals surface area (Å²) in [5.74, 6) is 5.56.